The summed E-state index contributed by atoms with van der Waals surface area (Å²) >= 11 is 7.92. The van der Waals surface area contributed by atoms with E-state index in [-0.39, 0.29) is 28.6 Å². The average molecular weight is 397 g/mol. The van der Waals surface area contributed by atoms with Crippen molar-refractivity contribution in [1.82, 2.24) is 10.2 Å². The van der Waals surface area contributed by atoms with E-state index in [2.05, 4.69) is 39.9 Å². The van der Waals surface area contributed by atoms with Crippen LogP contribution in [0, 0.1) is 11.3 Å². The topological polar surface area (TPSA) is 49.4 Å². The Bertz CT molecular complexity index is 672. The smallest absolute Gasteiger partial charge is 0.256 e. The van der Waals surface area contributed by atoms with Crippen LogP contribution in [0.25, 0.3) is 0 Å². The second kappa shape index (κ2) is 8.22. The fraction of sp³-hybridized carbons (Fsp3) is 0.600. The van der Waals surface area contributed by atoms with E-state index in [1.807, 2.05) is 6.92 Å². The zero-order valence-electron chi connectivity index (χ0n) is 16.4. The molecule has 0 spiro atoms. The predicted octanol–water partition coefficient (Wildman–Crippen LogP) is 4.43. The van der Waals surface area contributed by atoms with E-state index >= 15 is 0 Å². The molecule has 4 nitrogen and oxygen atoms in total. The molecule has 2 amide bonds. The Morgan fingerprint density at radius 1 is 1.23 bits per heavy atom. The van der Waals surface area contributed by atoms with E-state index in [1.54, 1.807) is 40.9 Å². The van der Waals surface area contributed by atoms with E-state index in [4.69, 9.17) is 11.6 Å². The normalized spacial score (nSPS) is 21.8. The third-order valence-corrected chi connectivity index (χ3v) is 6.84. The molecule has 3 atom stereocenters. The maximum atomic E-state index is 13.3. The molecule has 1 N–H and O–H groups in total. The Balaban J connectivity index is 2.35. The van der Waals surface area contributed by atoms with Gasteiger partial charge in [-0.2, -0.15) is 0 Å². The van der Waals surface area contributed by atoms with Gasteiger partial charge in [0, 0.05) is 11.8 Å². The van der Waals surface area contributed by atoms with E-state index in [1.165, 1.54) is 0 Å². The second-order valence-corrected chi connectivity index (χ2v) is 9.82. The summed E-state index contributed by atoms with van der Waals surface area (Å²) in [6.07, 6.45) is 0. The summed E-state index contributed by atoms with van der Waals surface area (Å²) in [5.41, 5.74) is 0.293. The number of nitrogens with one attached hydrogen (secondary N) is 1. The van der Waals surface area contributed by atoms with Crippen molar-refractivity contribution in [3.63, 3.8) is 0 Å². The quantitative estimate of drug-likeness (QED) is 0.818. The van der Waals surface area contributed by atoms with Gasteiger partial charge in [0.25, 0.3) is 5.91 Å². The Labute approximate surface area is 166 Å². The predicted molar refractivity (Wildman–Crippen MR) is 110 cm³/mol. The molecule has 2 rings (SSSR count). The number of hydrogen-bond acceptors (Lipinski definition) is 3. The highest BCUT2D eigenvalue weighted by molar-refractivity contribution is 8.00. The maximum absolute atomic E-state index is 13.3. The summed E-state index contributed by atoms with van der Waals surface area (Å²) < 4.78 is 0. The molecule has 1 fully saturated rings. The van der Waals surface area contributed by atoms with Crippen molar-refractivity contribution in [2.45, 2.75) is 59.0 Å². The lowest BCUT2D eigenvalue weighted by atomic mass is 9.94. The number of thioether (sulfide) groups is 1. The summed E-state index contributed by atoms with van der Waals surface area (Å²) in [7, 11) is 0. The van der Waals surface area contributed by atoms with Crippen molar-refractivity contribution in [3.05, 3.63) is 34.9 Å². The minimum atomic E-state index is -0.491. The fourth-order valence-corrected chi connectivity index (χ4v) is 4.68. The van der Waals surface area contributed by atoms with Crippen molar-refractivity contribution in [2.75, 3.05) is 5.75 Å². The lowest BCUT2D eigenvalue weighted by Gasteiger charge is -2.37. The van der Waals surface area contributed by atoms with Crippen LogP contribution in [0.3, 0.4) is 0 Å². The highest BCUT2D eigenvalue weighted by Crippen LogP contribution is 2.41. The Morgan fingerprint density at radius 2 is 1.85 bits per heavy atom. The highest BCUT2D eigenvalue weighted by Gasteiger charge is 2.47. The molecule has 0 radical (unpaired) electrons. The van der Waals surface area contributed by atoms with Crippen molar-refractivity contribution < 1.29 is 9.59 Å². The Hall–Kier alpha value is -1.20. The standard InChI is InChI=1S/C20H29ClN2O2S/c1-12(2)13(3)22-17(24)16-11-26-19(20(4,5)6)23(16)18(25)14-9-7-8-10-15(14)21/h7-10,12-13,16,19H,11H2,1-6H3,(H,22,24). The first-order valence-electron chi connectivity index (χ1n) is 9.03. The molecule has 0 bridgehead atoms. The molecular weight excluding hydrogens is 368 g/mol. The van der Waals surface area contributed by atoms with Gasteiger partial charge in [0.15, 0.2) is 0 Å². The first-order chi connectivity index (χ1) is 12.0. The number of hydrogen-bond donors (Lipinski definition) is 1. The summed E-state index contributed by atoms with van der Waals surface area (Å²) in [5.74, 6) is 0.650. The number of amides is 2. The van der Waals surface area contributed by atoms with Gasteiger partial charge < -0.3 is 10.2 Å². The van der Waals surface area contributed by atoms with Crippen molar-refractivity contribution in [2.24, 2.45) is 11.3 Å². The van der Waals surface area contributed by atoms with E-state index in [0.29, 0.717) is 22.3 Å². The molecule has 26 heavy (non-hydrogen) atoms. The number of benzene rings is 1. The van der Waals surface area contributed by atoms with Crippen LogP contribution < -0.4 is 5.32 Å². The van der Waals surface area contributed by atoms with Crippen LogP contribution in [0.2, 0.25) is 5.02 Å². The van der Waals surface area contributed by atoms with Gasteiger partial charge in [-0.1, -0.05) is 58.4 Å². The summed E-state index contributed by atoms with van der Waals surface area (Å²) in [4.78, 5) is 28.0. The zero-order valence-corrected chi connectivity index (χ0v) is 17.9. The van der Waals surface area contributed by atoms with Gasteiger partial charge in [-0.25, -0.2) is 0 Å². The lowest BCUT2D eigenvalue weighted by Crippen LogP contribution is -2.54. The van der Waals surface area contributed by atoms with Crippen LogP contribution >= 0.6 is 23.4 Å². The third kappa shape index (κ3) is 4.55. The largest absolute Gasteiger partial charge is 0.352 e. The molecule has 0 saturated carbocycles. The molecule has 1 saturated heterocycles. The molecule has 1 aromatic carbocycles. The van der Waals surface area contributed by atoms with E-state index < -0.39 is 6.04 Å². The van der Waals surface area contributed by atoms with Crippen molar-refractivity contribution in [1.29, 1.82) is 0 Å². The van der Waals surface area contributed by atoms with Crippen LogP contribution in [0.4, 0.5) is 0 Å². The van der Waals surface area contributed by atoms with Gasteiger partial charge >= 0.3 is 0 Å². The van der Waals surface area contributed by atoms with Gasteiger partial charge in [0.2, 0.25) is 5.91 Å². The van der Waals surface area contributed by atoms with Crippen LogP contribution in [0.5, 0.6) is 0 Å². The SMILES string of the molecule is CC(C)C(C)NC(=O)C1CSC(C(C)(C)C)N1C(=O)c1ccccc1Cl. The highest BCUT2D eigenvalue weighted by atomic mass is 35.5. The maximum Gasteiger partial charge on any atom is 0.256 e. The fourth-order valence-electron chi connectivity index (χ4n) is 2.88. The molecule has 3 unspecified atom stereocenters. The third-order valence-electron chi connectivity index (χ3n) is 4.75. The first kappa shape index (κ1) is 21.1. The molecule has 0 aromatic heterocycles. The number of carbonyl (C=O) groups is 2. The van der Waals surface area contributed by atoms with Gasteiger partial charge in [-0.05, 0) is 30.4 Å². The van der Waals surface area contributed by atoms with Gasteiger partial charge in [-0.3, -0.25) is 9.59 Å². The number of carbonyl (C=O) groups excluding carboxylic acids is 2. The monoisotopic (exact) mass is 396 g/mol. The molecule has 1 aromatic rings. The van der Waals surface area contributed by atoms with E-state index in [0.717, 1.165) is 0 Å². The van der Waals surface area contributed by atoms with Crippen LogP contribution in [0.15, 0.2) is 24.3 Å². The molecule has 144 valence electrons. The summed E-state index contributed by atoms with van der Waals surface area (Å²) in [6, 6.07) is 6.59. The number of rotatable bonds is 4. The molecule has 6 heteroatoms. The Kier molecular flexibility index (Phi) is 6.67. The van der Waals surface area contributed by atoms with E-state index in [9.17, 15) is 9.59 Å². The van der Waals surface area contributed by atoms with Gasteiger partial charge in [0.05, 0.1) is 16.0 Å². The van der Waals surface area contributed by atoms with Crippen LogP contribution in [0.1, 0.15) is 51.9 Å². The first-order valence-corrected chi connectivity index (χ1v) is 10.5. The zero-order chi connectivity index (χ0) is 19.6. The Morgan fingerprint density at radius 3 is 2.38 bits per heavy atom. The van der Waals surface area contributed by atoms with Crippen molar-refractivity contribution >= 4 is 35.2 Å². The van der Waals surface area contributed by atoms with Crippen molar-refractivity contribution in [3.8, 4) is 0 Å². The number of halogens is 1. The molecule has 1 aliphatic rings. The summed E-state index contributed by atoms with van der Waals surface area (Å²) in [6.45, 7) is 12.4. The number of nitrogens with zero attached hydrogens (tertiary/aromatic N) is 1. The molecule has 1 aliphatic heterocycles. The minimum Gasteiger partial charge on any atom is -0.352 e. The summed E-state index contributed by atoms with van der Waals surface area (Å²) in [5, 5.41) is 3.39. The van der Waals surface area contributed by atoms with Crippen LogP contribution in [-0.4, -0.2) is 39.9 Å². The van der Waals surface area contributed by atoms with Crippen LogP contribution in [-0.2, 0) is 4.79 Å². The van der Waals surface area contributed by atoms with Gasteiger partial charge in [-0.15, -0.1) is 11.8 Å². The molecule has 1 heterocycles. The molecule has 0 aliphatic carbocycles. The molecular formula is C20H29ClN2O2S. The lowest BCUT2D eigenvalue weighted by molar-refractivity contribution is -0.126. The second-order valence-electron chi connectivity index (χ2n) is 8.30. The minimum absolute atomic E-state index is 0.0541. The average Bonchev–Trinajstić information content (AvgIpc) is 2.99. The van der Waals surface area contributed by atoms with Gasteiger partial charge in [0.1, 0.15) is 6.04 Å².